The third-order valence-electron chi connectivity index (χ3n) is 3.41. The van der Waals surface area contributed by atoms with Crippen LogP contribution in [0.4, 0.5) is 5.69 Å². The number of ether oxygens (including phenoxy) is 1. The van der Waals surface area contributed by atoms with Gasteiger partial charge in [0.15, 0.2) is 10.7 Å². The highest BCUT2D eigenvalue weighted by Gasteiger charge is 2.10. The second-order valence-corrected chi connectivity index (χ2v) is 6.96. The fourth-order valence-electron chi connectivity index (χ4n) is 2.17. The molecule has 0 amide bonds. The lowest BCUT2D eigenvalue weighted by atomic mass is 10.2. The number of hydrogen-bond donors (Lipinski definition) is 1. The first-order chi connectivity index (χ1) is 12.7. The highest BCUT2D eigenvalue weighted by Crippen LogP contribution is 2.24. The molecule has 0 radical (unpaired) electrons. The zero-order chi connectivity index (χ0) is 18.4. The molecule has 3 aromatic rings. The van der Waals surface area contributed by atoms with Gasteiger partial charge in [0.2, 0.25) is 0 Å². The van der Waals surface area contributed by atoms with E-state index in [2.05, 4.69) is 37.5 Å². The van der Waals surface area contributed by atoms with Gasteiger partial charge in [-0.1, -0.05) is 15.9 Å². The maximum Gasteiger partial charge on any atom is 0.196 e. The molecule has 3 rings (SSSR count). The van der Waals surface area contributed by atoms with Crippen LogP contribution < -0.4 is 10.2 Å². The van der Waals surface area contributed by atoms with Crippen molar-refractivity contribution in [2.45, 2.75) is 6.92 Å². The van der Waals surface area contributed by atoms with Gasteiger partial charge in [-0.25, -0.2) is 4.98 Å². The summed E-state index contributed by atoms with van der Waals surface area (Å²) in [6, 6.07) is 17.4. The first-order valence-corrected chi connectivity index (χ1v) is 9.55. The van der Waals surface area contributed by atoms with Crippen molar-refractivity contribution >= 4 is 38.7 Å². The van der Waals surface area contributed by atoms with Crippen LogP contribution in [0.1, 0.15) is 11.9 Å². The zero-order valence-electron chi connectivity index (χ0n) is 13.9. The van der Waals surface area contributed by atoms with Gasteiger partial charge in [-0.05, 0) is 55.5 Å². The number of nitriles is 1. The van der Waals surface area contributed by atoms with Gasteiger partial charge in [0.1, 0.15) is 11.8 Å². The number of rotatable bonds is 6. The average molecular weight is 427 g/mol. The monoisotopic (exact) mass is 426 g/mol. The van der Waals surface area contributed by atoms with E-state index in [-0.39, 0.29) is 5.71 Å². The second kappa shape index (κ2) is 8.61. The summed E-state index contributed by atoms with van der Waals surface area (Å²) in [5.74, 6) is 0.824. The van der Waals surface area contributed by atoms with E-state index >= 15 is 0 Å². The van der Waals surface area contributed by atoms with Gasteiger partial charge in [0.05, 0.1) is 18.0 Å². The van der Waals surface area contributed by atoms with Crippen LogP contribution in [0, 0.1) is 11.3 Å². The number of halogens is 1. The minimum Gasteiger partial charge on any atom is -0.494 e. The Hall–Kier alpha value is -2.69. The van der Waals surface area contributed by atoms with Crippen molar-refractivity contribution in [1.29, 1.82) is 5.26 Å². The van der Waals surface area contributed by atoms with Crippen molar-refractivity contribution in [2.75, 3.05) is 12.0 Å². The molecule has 5 nitrogen and oxygen atoms in total. The Kier molecular flexibility index (Phi) is 6.00. The van der Waals surface area contributed by atoms with Crippen LogP contribution in [0.25, 0.3) is 11.3 Å². The summed E-state index contributed by atoms with van der Waals surface area (Å²) in [6.45, 7) is 2.58. The molecule has 0 unspecified atom stereocenters. The van der Waals surface area contributed by atoms with Crippen LogP contribution in [0.2, 0.25) is 0 Å². The summed E-state index contributed by atoms with van der Waals surface area (Å²) in [4.78, 5) is 4.53. The molecule has 2 aromatic carbocycles. The van der Waals surface area contributed by atoms with Gasteiger partial charge in [-0.15, -0.1) is 11.3 Å². The SMILES string of the molecule is CCOc1ccc(-c2csc(C(C#N)=NNc3ccc(Br)cc3)n2)cc1. The Labute approximate surface area is 164 Å². The molecule has 0 aliphatic rings. The summed E-state index contributed by atoms with van der Waals surface area (Å²) in [5.41, 5.74) is 5.70. The van der Waals surface area contributed by atoms with Crippen LogP contribution in [0.5, 0.6) is 5.75 Å². The predicted octanol–water partition coefficient (Wildman–Crippen LogP) is 5.31. The summed E-state index contributed by atoms with van der Waals surface area (Å²) in [5, 5.41) is 16.1. The number of aromatic nitrogens is 1. The van der Waals surface area contributed by atoms with E-state index < -0.39 is 0 Å². The molecule has 1 aromatic heterocycles. The van der Waals surface area contributed by atoms with Gasteiger partial charge < -0.3 is 4.74 Å². The normalized spacial score (nSPS) is 11.0. The molecule has 0 aliphatic heterocycles. The summed E-state index contributed by atoms with van der Waals surface area (Å²) < 4.78 is 6.43. The molecule has 0 bridgehead atoms. The smallest absolute Gasteiger partial charge is 0.196 e. The van der Waals surface area contributed by atoms with Crippen LogP contribution >= 0.6 is 27.3 Å². The number of hydrazone groups is 1. The first-order valence-electron chi connectivity index (χ1n) is 7.88. The quantitative estimate of drug-likeness (QED) is 0.428. The molecule has 0 spiro atoms. The van der Waals surface area contributed by atoms with E-state index in [1.807, 2.05) is 60.8 Å². The molecule has 1 heterocycles. The van der Waals surface area contributed by atoms with Crippen LogP contribution in [-0.2, 0) is 0 Å². The van der Waals surface area contributed by atoms with E-state index in [1.54, 1.807) is 0 Å². The lowest BCUT2D eigenvalue weighted by Gasteiger charge is -2.03. The standard InChI is InChI=1S/C19H15BrN4OS/c1-2-25-16-9-3-13(4-10-16)18-12-26-19(22-18)17(11-21)24-23-15-7-5-14(20)6-8-15/h3-10,12,23H,2H2,1H3. The molecule has 0 fully saturated rings. The third kappa shape index (κ3) is 4.48. The molecular weight excluding hydrogens is 412 g/mol. The number of thiazole rings is 1. The average Bonchev–Trinajstić information content (AvgIpc) is 3.15. The van der Waals surface area contributed by atoms with Crippen molar-refractivity contribution in [3.63, 3.8) is 0 Å². The number of anilines is 1. The summed E-state index contributed by atoms with van der Waals surface area (Å²) in [7, 11) is 0. The second-order valence-electron chi connectivity index (χ2n) is 5.19. The van der Waals surface area contributed by atoms with Gasteiger partial charge in [0, 0.05) is 15.4 Å². The minimum atomic E-state index is 0.245. The van der Waals surface area contributed by atoms with E-state index in [4.69, 9.17) is 4.74 Å². The molecule has 0 atom stereocenters. The van der Waals surface area contributed by atoms with Crippen molar-refractivity contribution in [3.8, 4) is 23.1 Å². The summed E-state index contributed by atoms with van der Waals surface area (Å²) >= 11 is 4.77. The van der Waals surface area contributed by atoms with Crippen LogP contribution in [0.3, 0.4) is 0 Å². The Balaban J connectivity index is 1.77. The molecule has 130 valence electrons. The van der Waals surface area contributed by atoms with Crippen LogP contribution in [0.15, 0.2) is 63.5 Å². The first kappa shape index (κ1) is 18.1. The van der Waals surface area contributed by atoms with Crippen molar-refractivity contribution in [3.05, 3.63) is 63.4 Å². The minimum absolute atomic E-state index is 0.245. The number of nitrogens with zero attached hydrogens (tertiary/aromatic N) is 3. The Bertz CT molecular complexity index is 943. The topological polar surface area (TPSA) is 70.3 Å². The van der Waals surface area contributed by atoms with E-state index in [1.165, 1.54) is 11.3 Å². The highest BCUT2D eigenvalue weighted by atomic mass is 79.9. The highest BCUT2D eigenvalue weighted by molar-refractivity contribution is 9.10. The fourth-order valence-corrected chi connectivity index (χ4v) is 3.20. The predicted molar refractivity (Wildman–Crippen MR) is 109 cm³/mol. The van der Waals surface area contributed by atoms with Crippen molar-refractivity contribution < 1.29 is 4.74 Å². The van der Waals surface area contributed by atoms with E-state index in [0.29, 0.717) is 11.6 Å². The van der Waals surface area contributed by atoms with Gasteiger partial charge in [0.25, 0.3) is 0 Å². The maximum atomic E-state index is 9.40. The number of benzene rings is 2. The largest absolute Gasteiger partial charge is 0.494 e. The maximum absolute atomic E-state index is 9.40. The van der Waals surface area contributed by atoms with Crippen molar-refractivity contribution in [1.82, 2.24) is 4.98 Å². The number of hydrogen-bond acceptors (Lipinski definition) is 6. The zero-order valence-corrected chi connectivity index (χ0v) is 16.3. The molecule has 0 aliphatic carbocycles. The molecule has 1 N–H and O–H groups in total. The van der Waals surface area contributed by atoms with Crippen LogP contribution in [-0.4, -0.2) is 17.3 Å². The number of nitrogens with one attached hydrogen (secondary N) is 1. The third-order valence-corrected chi connectivity index (χ3v) is 4.79. The van der Waals surface area contributed by atoms with E-state index in [9.17, 15) is 5.26 Å². The van der Waals surface area contributed by atoms with Gasteiger partial charge >= 0.3 is 0 Å². The Morgan fingerprint density at radius 2 is 1.96 bits per heavy atom. The molecule has 26 heavy (non-hydrogen) atoms. The van der Waals surface area contributed by atoms with Gasteiger partial charge in [-0.2, -0.15) is 10.4 Å². The summed E-state index contributed by atoms with van der Waals surface area (Å²) in [6.07, 6.45) is 0. The Morgan fingerprint density at radius 1 is 1.23 bits per heavy atom. The lowest BCUT2D eigenvalue weighted by Crippen LogP contribution is -2.01. The Morgan fingerprint density at radius 3 is 2.62 bits per heavy atom. The lowest BCUT2D eigenvalue weighted by molar-refractivity contribution is 0.340. The van der Waals surface area contributed by atoms with Gasteiger partial charge in [-0.3, -0.25) is 5.43 Å². The molecule has 0 saturated heterocycles. The molecule has 7 heteroatoms. The molecular formula is C19H15BrN4OS. The molecule has 0 saturated carbocycles. The van der Waals surface area contributed by atoms with Crippen molar-refractivity contribution in [2.24, 2.45) is 5.10 Å². The van der Waals surface area contributed by atoms with E-state index in [0.717, 1.165) is 27.2 Å². The fraction of sp³-hybridized carbons (Fsp3) is 0.105.